The van der Waals surface area contributed by atoms with Crippen LogP contribution in [0.4, 0.5) is 17.1 Å². The van der Waals surface area contributed by atoms with E-state index in [-0.39, 0.29) is 18.3 Å². The molecule has 170 valence electrons. The molecule has 2 aromatic carbocycles. The molecule has 3 rings (SSSR count). The van der Waals surface area contributed by atoms with Crippen LogP contribution in [-0.2, 0) is 0 Å². The van der Waals surface area contributed by atoms with Crippen LogP contribution < -0.4 is 19.9 Å². The van der Waals surface area contributed by atoms with Crippen molar-refractivity contribution in [3.05, 3.63) is 47.5 Å². The first-order valence-corrected chi connectivity index (χ1v) is 10.7. The van der Waals surface area contributed by atoms with Crippen molar-refractivity contribution >= 4 is 35.4 Å². The number of hydrogen-bond donors (Lipinski definition) is 1. The van der Waals surface area contributed by atoms with E-state index in [0.29, 0.717) is 0 Å². The van der Waals surface area contributed by atoms with Crippen LogP contribution in [0.2, 0.25) is 0 Å². The van der Waals surface area contributed by atoms with Crippen LogP contribution in [0.3, 0.4) is 0 Å². The first-order valence-electron chi connectivity index (χ1n) is 10.7. The van der Waals surface area contributed by atoms with Crippen molar-refractivity contribution in [3.8, 4) is 5.75 Å². The number of amides is 1. The number of nitrogens with one attached hydrogen (secondary N) is 1. The Balaban J connectivity index is 0.00000341. The third kappa shape index (κ3) is 5.37. The molecular weight excluding hydrogens is 412 g/mol. The van der Waals surface area contributed by atoms with Crippen LogP contribution in [0.15, 0.2) is 36.4 Å². The largest absolute Gasteiger partial charge is 0.495 e. The van der Waals surface area contributed by atoms with Gasteiger partial charge in [-0.05, 0) is 37.1 Å². The van der Waals surface area contributed by atoms with E-state index in [1.165, 1.54) is 0 Å². The number of hydrogen-bond acceptors (Lipinski definition) is 5. The molecule has 0 saturated carbocycles. The summed E-state index contributed by atoms with van der Waals surface area (Å²) >= 11 is 0. The van der Waals surface area contributed by atoms with E-state index >= 15 is 0 Å². The van der Waals surface area contributed by atoms with E-state index in [2.05, 4.69) is 34.2 Å². The van der Waals surface area contributed by atoms with E-state index in [0.717, 1.165) is 73.1 Å². The second-order valence-electron chi connectivity index (χ2n) is 7.93. The van der Waals surface area contributed by atoms with Crippen molar-refractivity contribution in [2.24, 2.45) is 0 Å². The molecule has 0 aliphatic carbocycles. The standard InChI is InChI=1S/C24H34N4O2.ClH/c1-6-13-25-19-12-11-18(2)22(24(29)26(3)4)23(19)28-16-14-27(15-17-28)20-9-7-8-10-21(20)30-5;/h7-12,25H,6,13-17H2,1-5H3;1H. The predicted octanol–water partition coefficient (Wildman–Crippen LogP) is 4.28. The quantitative estimate of drug-likeness (QED) is 0.688. The molecule has 0 radical (unpaired) electrons. The molecule has 7 heteroatoms. The van der Waals surface area contributed by atoms with Gasteiger partial charge in [0.15, 0.2) is 0 Å². The molecule has 1 N–H and O–H groups in total. The van der Waals surface area contributed by atoms with Gasteiger partial charge in [0.25, 0.3) is 5.91 Å². The molecule has 0 spiro atoms. The van der Waals surface area contributed by atoms with E-state index in [4.69, 9.17) is 4.74 Å². The first-order chi connectivity index (χ1) is 14.5. The summed E-state index contributed by atoms with van der Waals surface area (Å²) in [6.45, 7) is 8.49. The summed E-state index contributed by atoms with van der Waals surface area (Å²) in [6.07, 6.45) is 1.03. The maximum Gasteiger partial charge on any atom is 0.255 e. The Bertz CT molecular complexity index is 880. The fourth-order valence-electron chi connectivity index (χ4n) is 3.98. The maximum absolute atomic E-state index is 13.1. The summed E-state index contributed by atoms with van der Waals surface area (Å²) in [5.74, 6) is 0.949. The molecular formula is C24H35ClN4O2. The summed E-state index contributed by atoms with van der Waals surface area (Å²) in [4.78, 5) is 19.4. The summed E-state index contributed by atoms with van der Waals surface area (Å²) in [7, 11) is 5.35. The fraction of sp³-hybridized carbons (Fsp3) is 0.458. The van der Waals surface area contributed by atoms with Gasteiger partial charge in [-0.15, -0.1) is 12.4 Å². The van der Waals surface area contributed by atoms with Gasteiger partial charge < -0.3 is 24.8 Å². The van der Waals surface area contributed by atoms with Gasteiger partial charge in [0.05, 0.1) is 29.7 Å². The number of halogens is 1. The van der Waals surface area contributed by atoms with Crippen molar-refractivity contribution in [2.45, 2.75) is 20.3 Å². The van der Waals surface area contributed by atoms with E-state index in [9.17, 15) is 4.79 Å². The van der Waals surface area contributed by atoms with Crippen LogP contribution >= 0.6 is 12.4 Å². The number of rotatable bonds is 7. The first kappa shape index (κ1) is 24.7. The third-order valence-electron chi connectivity index (χ3n) is 5.59. The number of methoxy groups -OCH3 is 1. The highest BCUT2D eigenvalue weighted by atomic mass is 35.5. The van der Waals surface area contributed by atoms with E-state index in [1.807, 2.05) is 45.3 Å². The summed E-state index contributed by atoms with van der Waals surface area (Å²) < 4.78 is 5.55. The van der Waals surface area contributed by atoms with Crippen molar-refractivity contribution in [1.29, 1.82) is 0 Å². The zero-order valence-corrected chi connectivity index (χ0v) is 20.1. The normalized spacial score (nSPS) is 13.5. The number of carbonyl (C=O) groups excluding carboxylic acids is 1. The predicted molar refractivity (Wildman–Crippen MR) is 133 cm³/mol. The highest BCUT2D eigenvalue weighted by molar-refractivity contribution is 6.04. The van der Waals surface area contributed by atoms with Gasteiger partial charge >= 0.3 is 0 Å². The summed E-state index contributed by atoms with van der Waals surface area (Å²) in [5, 5.41) is 3.54. The number of benzene rings is 2. The zero-order valence-electron chi connectivity index (χ0n) is 19.3. The number of nitrogens with zero attached hydrogens (tertiary/aromatic N) is 3. The Morgan fingerprint density at radius 1 is 1.06 bits per heavy atom. The average molecular weight is 447 g/mol. The van der Waals surface area contributed by atoms with Gasteiger partial charge in [-0.3, -0.25) is 4.79 Å². The molecule has 0 atom stereocenters. The van der Waals surface area contributed by atoms with Gasteiger partial charge in [0, 0.05) is 46.8 Å². The van der Waals surface area contributed by atoms with Crippen LogP contribution in [0, 0.1) is 6.92 Å². The monoisotopic (exact) mass is 446 g/mol. The Morgan fingerprint density at radius 3 is 2.32 bits per heavy atom. The topological polar surface area (TPSA) is 48.1 Å². The molecule has 31 heavy (non-hydrogen) atoms. The highest BCUT2D eigenvalue weighted by Crippen LogP contribution is 2.36. The zero-order chi connectivity index (χ0) is 21.7. The van der Waals surface area contributed by atoms with Crippen molar-refractivity contribution in [2.75, 3.05) is 69.0 Å². The number of anilines is 3. The SMILES string of the molecule is CCCNc1ccc(C)c(C(=O)N(C)C)c1N1CCN(c2ccccc2OC)CC1.Cl. The van der Waals surface area contributed by atoms with Crippen molar-refractivity contribution in [1.82, 2.24) is 4.90 Å². The molecule has 1 aliphatic heterocycles. The molecule has 1 saturated heterocycles. The van der Waals surface area contributed by atoms with Crippen molar-refractivity contribution in [3.63, 3.8) is 0 Å². The van der Waals surface area contributed by atoms with Crippen LogP contribution in [-0.4, -0.2) is 64.7 Å². The van der Waals surface area contributed by atoms with Gasteiger partial charge in [-0.2, -0.15) is 0 Å². The average Bonchev–Trinajstić information content (AvgIpc) is 2.77. The summed E-state index contributed by atoms with van der Waals surface area (Å²) in [5.41, 5.74) is 5.00. The van der Waals surface area contributed by atoms with E-state index < -0.39 is 0 Å². The second kappa shape index (κ2) is 11.1. The van der Waals surface area contributed by atoms with Crippen LogP contribution in [0.5, 0.6) is 5.75 Å². The number of ether oxygens (including phenoxy) is 1. The molecule has 1 fully saturated rings. The minimum atomic E-state index is 0. The lowest BCUT2D eigenvalue weighted by molar-refractivity contribution is 0.0827. The van der Waals surface area contributed by atoms with Gasteiger partial charge in [-0.25, -0.2) is 0 Å². The Hall–Kier alpha value is -2.60. The van der Waals surface area contributed by atoms with E-state index in [1.54, 1.807) is 12.0 Å². The fourth-order valence-corrected chi connectivity index (χ4v) is 3.98. The number of piperazine rings is 1. The molecule has 1 amide bonds. The van der Waals surface area contributed by atoms with Crippen molar-refractivity contribution < 1.29 is 9.53 Å². The summed E-state index contributed by atoms with van der Waals surface area (Å²) in [6, 6.07) is 12.3. The molecule has 1 aliphatic rings. The molecule has 2 aromatic rings. The lowest BCUT2D eigenvalue weighted by Gasteiger charge is -2.39. The smallest absolute Gasteiger partial charge is 0.255 e. The minimum Gasteiger partial charge on any atom is -0.495 e. The Kier molecular flexibility index (Phi) is 8.87. The van der Waals surface area contributed by atoms with Gasteiger partial charge in [0.2, 0.25) is 0 Å². The number of para-hydroxylation sites is 2. The highest BCUT2D eigenvalue weighted by Gasteiger charge is 2.27. The minimum absolute atomic E-state index is 0. The molecule has 0 aromatic heterocycles. The van der Waals surface area contributed by atoms with Crippen LogP contribution in [0.1, 0.15) is 29.3 Å². The molecule has 0 bridgehead atoms. The third-order valence-corrected chi connectivity index (χ3v) is 5.59. The Labute approximate surface area is 192 Å². The Morgan fingerprint density at radius 2 is 1.71 bits per heavy atom. The molecule has 1 heterocycles. The van der Waals surface area contributed by atoms with Gasteiger partial charge in [-0.1, -0.05) is 25.1 Å². The van der Waals surface area contributed by atoms with Gasteiger partial charge in [0.1, 0.15) is 5.75 Å². The maximum atomic E-state index is 13.1. The lowest BCUT2D eigenvalue weighted by atomic mass is 10.0. The second-order valence-corrected chi connectivity index (χ2v) is 7.93. The molecule has 0 unspecified atom stereocenters. The number of carbonyl (C=O) groups is 1. The van der Waals surface area contributed by atoms with Crippen LogP contribution in [0.25, 0.3) is 0 Å². The lowest BCUT2D eigenvalue weighted by Crippen LogP contribution is -2.47. The number of aryl methyl sites for hydroxylation is 1. The molecule has 6 nitrogen and oxygen atoms in total.